The Kier molecular flexibility index (Phi) is 6.64. The molecular weight excluding hydrogens is 319 g/mol. The maximum atomic E-state index is 10.8. The molecule has 1 aliphatic carbocycles. The van der Waals surface area contributed by atoms with E-state index in [1.807, 2.05) is 54.6 Å². The SMILES string of the molecule is NC(=O)N(O)CC1CC1c1cccc(Oc2ccccc2)c1.[K+]. The van der Waals surface area contributed by atoms with Gasteiger partial charge in [0.25, 0.3) is 0 Å². The number of urea groups is 1. The number of amides is 2. The zero-order valence-corrected chi connectivity index (χ0v) is 16.2. The molecule has 1 saturated carbocycles. The van der Waals surface area contributed by atoms with Crippen LogP contribution in [0.5, 0.6) is 11.5 Å². The molecule has 23 heavy (non-hydrogen) atoms. The minimum absolute atomic E-state index is 0. The smallest absolute Gasteiger partial charge is 0.457 e. The van der Waals surface area contributed by atoms with E-state index in [4.69, 9.17) is 10.5 Å². The van der Waals surface area contributed by atoms with E-state index < -0.39 is 6.03 Å². The molecule has 2 aromatic carbocycles. The minimum Gasteiger partial charge on any atom is -0.457 e. The number of carbonyl (C=O) groups excluding carboxylic acids is 1. The van der Waals surface area contributed by atoms with Gasteiger partial charge in [0.2, 0.25) is 0 Å². The van der Waals surface area contributed by atoms with Crippen molar-refractivity contribution < 1.29 is 66.1 Å². The van der Waals surface area contributed by atoms with Crippen molar-refractivity contribution >= 4 is 6.03 Å². The molecule has 0 aliphatic heterocycles. The molecule has 2 aromatic rings. The number of hydrogen-bond acceptors (Lipinski definition) is 3. The number of ether oxygens (including phenoxy) is 1. The Labute approximate surface area is 177 Å². The number of benzene rings is 2. The summed E-state index contributed by atoms with van der Waals surface area (Å²) in [6.45, 7) is 0.268. The van der Waals surface area contributed by atoms with Gasteiger partial charge in [-0.1, -0.05) is 30.3 Å². The molecule has 0 aromatic heterocycles. The summed E-state index contributed by atoms with van der Waals surface area (Å²) >= 11 is 0. The number of hydrogen-bond donors (Lipinski definition) is 2. The Hall–Kier alpha value is -0.894. The molecule has 0 spiro atoms. The monoisotopic (exact) mass is 337 g/mol. The summed E-state index contributed by atoms with van der Waals surface area (Å²) in [5.74, 6) is 2.14. The van der Waals surface area contributed by atoms with Crippen LogP contribution in [0.2, 0.25) is 0 Å². The fourth-order valence-corrected chi connectivity index (χ4v) is 2.60. The Bertz CT molecular complexity index is 666. The van der Waals surface area contributed by atoms with Crippen LogP contribution < -0.4 is 61.9 Å². The number of nitrogens with zero attached hydrogens (tertiary/aromatic N) is 1. The van der Waals surface area contributed by atoms with Gasteiger partial charge in [-0.3, -0.25) is 5.21 Å². The third-order valence-electron chi connectivity index (χ3n) is 3.85. The maximum absolute atomic E-state index is 10.8. The van der Waals surface area contributed by atoms with Crippen LogP contribution in [0.1, 0.15) is 17.9 Å². The van der Waals surface area contributed by atoms with E-state index in [1.165, 1.54) is 0 Å². The van der Waals surface area contributed by atoms with E-state index in [0.717, 1.165) is 23.5 Å². The Morgan fingerprint density at radius 1 is 1.17 bits per heavy atom. The van der Waals surface area contributed by atoms with E-state index in [0.29, 0.717) is 11.0 Å². The molecule has 3 N–H and O–H groups in total. The average molecular weight is 337 g/mol. The van der Waals surface area contributed by atoms with Gasteiger partial charge in [0.05, 0.1) is 6.54 Å². The fraction of sp³-hybridized carbons (Fsp3) is 0.235. The van der Waals surface area contributed by atoms with Crippen molar-refractivity contribution in [2.75, 3.05) is 6.54 Å². The van der Waals surface area contributed by atoms with E-state index in [2.05, 4.69) is 0 Å². The van der Waals surface area contributed by atoms with Gasteiger partial charge in [0, 0.05) is 0 Å². The number of carbonyl (C=O) groups is 1. The van der Waals surface area contributed by atoms with Crippen LogP contribution in [0.25, 0.3) is 0 Å². The second-order valence-corrected chi connectivity index (χ2v) is 5.51. The first-order valence-corrected chi connectivity index (χ1v) is 7.22. The van der Waals surface area contributed by atoms with Crippen LogP contribution in [0, 0.1) is 5.92 Å². The molecule has 0 radical (unpaired) electrons. The molecule has 114 valence electrons. The summed E-state index contributed by atoms with van der Waals surface area (Å²) in [4.78, 5) is 10.8. The van der Waals surface area contributed by atoms with Crippen molar-refractivity contribution in [3.63, 3.8) is 0 Å². The summed E-state index contributed by atoms with van der Waals surface area (Å²) < 4.78 is 5.82. The van der Waals surface area contributed by atoms with Gasteiger partial charge in [-0.2, -0.15) is 0 Å². The van der Waals surface area contributed by atoms with Crippen LogP contribution in [0.15, 0.2) is 54.6 Å². The molecule has 0 saturated heterocycles. The fourth-order valence-electron chi connectivity index (χ4n) is 2.60. The van der Waals surface area contributed by atoms with Gasteiger partial charge >= 0.3 is 57.4 Å². The molecule has 1 fully saturated rings. The Balaban J connectivity index is 0.00000192. The number of hydroxylamine groups is 2. The van der Waals surface area contributed by atoms with Crippen LogP contribution in [0.3, 0.4) is 0 Å². The third-order valence-corrected chi connectivity index (χ3v) is 3.85. The molecule has 6 heteroatoms. The van der Waals surface area contributed by atoms with Crippen molar-refractivity contribution in [3.8, 4) is 11.5 Å². The minimum atomic E-state index is -0.813. The number of primary amides is 1. The third kappa shape index (κ3) is 5.04. The Morgan fingerprint density at radius 3 is 2.57 bits per heavy atom. The summed E-state index contributed by atoms with van der Waals surface area (Å²) in [6, 6.07) is 16.7. The summed E-state index contributed by atoms with van der Waals surface area (Å²) in [7, 11) is 0. The first-order valence-electron chi connectivity index (χ1n) is 7.22. The van der Waals surface area contributed by atoms with Crippen LogP contribution in [-0.2, 0) is 0 Å². The van der Waals surface area contributed by atoms with Crippen molar-refractivity contribution in [1.82, 2.24) is 5.06 Å². The van der Waals surface area contributed by atoms with Gasteiger partial charge < -0.3 is 10.5 Å². The predicted octanol–water partition coefficient (Wildman–Crippen LogP) is 0.356. The normalized spacial score (nSPS) is 18.7. The summed E-state index contributed by atoms with van der Waals surface area (Å²) in [5, 5.41) is 9.96. The number of nitrogens with two attached hydrogens (primary N) is 1. The average Bonchev–Trinajstić information content (AvgIpc) is 3.28. The second kappa shape index (κ2) is 8.28. The summed E-state index contributed by atoms with van der Waals surface area (Å²) in [6.07, 6.45) is 0.930. The van der Waals surface area contributed by atoms with Crippen molar-refractivity contribution in [2.45, 2.75) is 12.3 Å². The van der Waals surface area contributed by atoms with Crippen LogP contribution >= 0.6 is 0 Å². The quantitative estimate of drug-likeness (QED) is 0.470. The van der Waals surface area contributed by atoms with Crippen molar-refractivity contribution in [3.05, 3.63) is 60.2 Å². The molecule has 3 rings (SSSR count). The van der Waals surface area contributed by atoms with Gasteiger partial charge in [0.1, 0.15) is 11.5 Å². The molecule has 2 amide bonds. The zero-order valence-electron chi connectivity index (χ0n) is 13.1. The van der Waals surface area contributed by atoms with Crippen LogP contribution in [0.4, 0.5) is 4.79 Å². The molecule has 2 unspecified atom stereocenters. The largest absolute Gasteiger partial charge is 1.00 e. The van der Waals surface area contributed by atoms with Gasteiger partial charge in [-0.15, -0.1) is 0 Å². The van der Waals surface area contributed by atoms with E-state index in [-0.39, 0.29) is 63.8 Å². The van der Waals surface area contributed by atoms with E-state index in [1.54, 1.807) is 0 Å². The first-order chi connectivity index (χ1) is 10.6. The predicted molar refractivity (Wildman–Crippen MR) is 81.9 cm³/mol. The Morgan fingerprint density at radius 2 is 1.87 bits per heavy atom. The summed E-state index contributed by atoms with van der Waals surface area (Å²) in [5.41, 5.74) is 6.17. The molecule has 2 atom stereocenters. The van der Waals surface area contributed by atoms with Gasteiger partial charge in [-0.05, 0) is 48.1 Å². The molecule has 5 nitrogen and oxygen atoms in total. The number of rotatable bonds is 5. The molecule has 0 bridgehead atoms. The van der Waals surface area contributed by atoms with Gasteiger partial charge in [-0.25, -0.2) is 9.86 Å². The topological polar surface area (TPSA) is 75.8 Å². The second-order valence-electron chi connectivity index (χ2n) is 5.51. The zero-order chi connectivity index (χ0) is 15.5. The maximum Gasteiger partial charge on any atom is 1.00 e. The molecular formula is C17H18KN2O3+. The van der Waals surface area contributed by atoms with Crippen molar-refractivity contribution in [2.24, 2.45) is 11.7 Å². The van der Waals surface area contributed by atoms with E-state index >= 15 is 0 Å². The standard InChI is InChI=1S/C17H18N2O3.K/c18-17(20)19(21)11-13-10-16(13)12-5-4-8-15(9-12)22-14-6-2-1-3-7-14;/h1-9,13,16,21H,10-11H2,(H2,18,20);/q;+1. The number of para-hydroxylation sites is 1. The first kappa shape index (κ1) is 18.4. The van der Waals surface area contributed by atoms with Crippen molar-refractivity contribution in [1.29, 1.82) is 0 Å². The van der Waals surface area contributed by atoms with E-state index in [9.17, 15) is 10.0 Å². The van der Waals surface area contributed by atoms with Gasteiger partial charge in [0.15, 0.2) is 0 Å². The molecule has 1 aliphatic rings. The van der Waals surface area contributed by atoms with Crippen LogP contribution in [-0.4, -0.2) is 22.8 Å². The molecule has 0 heterocycles.